The Labute approximate surface area is 372 Å². The van der Waals surface area contributed by atoms with Crippen LogP contribution in [-0.4, -0.2) is 90.8 Å². The van der Waals surface area contributed by atoms with Gasteiger partial charge in [-0.15, -0.1) is 11.6 Å². The fraction of sp³-hybridized carbons (Fsp3) is 0.388. The van der Waals surface area contributed by atoms with Gasteiger partial charge in [-0.25, -0.2) is 0 Å². The Balaban J connectivity index is 0.829. The number of hydrogen-bond donors (Lipinski definition) is 1. The predicted molar refractivity (Wildman–Crippen MR) is 243 cm³/mol. The molecule has 0 radical (unpaired) electrons. The number of methoxy groups -OCH3 is 1. The number of alkyl halides is 1. The number of aliphatic imine (C=N–C) groups is 1. The van der Waals surface area contributed by atoms with Gasteiger partial charge in [0, 0.05) is 85.8 Å². The molecule has 0 aromatic heterocycles. The third-order valence-corrected chi connectivity index (χ3v) is 12.6. The van der Waals surface area contributed by atoms with Crippen molar-refractivity contribution in [2.75, 3.05) is 49.4 Å². The number of carbonyl (C=O) groups is 5. The van der Waals surface area contributed by atoms with E-state index < -0.39 is 0 Å². The summed E-state index contributed by atoms with van der Waals surface area (Å²) in [7, 11) is 1.56. The lowest BCUT2D eigenvalue weighted by atomic mass is 9.95. The second kappa shape index (κ2) is 19.9. The van der Waals surface area contributed by atoms with Crippen LogP contribution >= 0.6 is 11.6 Å². The lowest BCUT2D eigenvalue weighted by Crippen LogP contribution is -2.35. The molecule has 0 bridgehead atoms. The van der Waals surface area contributed by atoms with Crippen molar-refractivity contribution in [1.29, 1.82) is 0 Å². The van der Waals surface area contributed by atoms with Crippen molar-refractivity contribution in [3.8, 4) is 17.2 Å². The number of ether oxygens (including phenoxy) is 3. The Hall–Kier alpha value is -6.21. The van der Waals surface area contributed by atoms with Crippen LogP contribution in [-0.2, 0) is 25.8 Å². The van der Waals surface area contributed by atoms with E-state index in [0.717, 1.165) is 66.2 Å². The van der Waals surface area contributed by atoms with E-state index in [1.165, 1.54) is 17.1 Å². The molecule has 14 heteroatoms. The Bertz CT molecular complexity index is 2430. The van der Waals surface area contributed by atoms with Gasteiger partial charge in [0.2, 0.25) is 11.8 Å². The fourth-order valence-electron chi connectivity index (χ4n) is 8.84. The molecule has 1 saturated heterocycles. The van der Waals surface area contributed by atoms with E-state index in [9.17, 15) is 24.0 Å². The Kier molecular flexibility index (Phi) is 13.7. The number of rotatable bonds is 19. The van der Waals surface area contributed by atoms with Gasteiger partial charge in [-0.3, -0.25) is 33.9 Å². The highest BCUT2D eigenvalue weighted by Gasteiger charge is 2.35. The largest absolute Gasteiger partial charge is 0.493 e. The molecule has 1 fully saturated rings. The van der Waals surface area contributed by atoms with Crippen LogP contribution in [0.25, 0.3) is 10.8 Å². The maximum absolute atomic E-state index is 13.9. The predicted octanol–water partition coefficient (Wildman–Crippen LogP) is 8.48. The van der Waals surface area contributed by atoms with E-state index in [2.05, 4.69) is 16.4 Å². The van der Waals surface area contributed by atoms with Crippen molar-refractivity contribution in [1.82, 2.24) is 9.80 Å². The van der Waals surface area contributed by atoms with E-state index in [0.29, 0.717) is 91.9 Å². The normalized spacial score (nSPS) is 17.6. The zero-order valence-corrected chi connectivity index (χ0v) is 36.2. The summed E-state index contributed by atoms with van der Waals surface area (Å²) in [5.74, 6) is 1.40. The summed E-state index contributed by atoms with van der Waals surface area (Å²) >= 11 is 6.54. The first-order chi connectivity index (χ1) is 30.7. The van der Waals surface area contributed by atoms with E-state index in [1.54, 1.807) is 19.2 Å². The highest BCUT2D eigenvalue weighted by molar-refractivity contribution is 6.19. The number of fused-ring (bicyclic) bond motifs is 5. The van der Waals surface area contributed by atoms with Crippen molar-refractivity contribution in [3.05, 3.63) is 95.6 Å². The lowest BCUT2D eigenvalue weighted by Gasteiger charge is -2.20. The zero-order valence-electron chi connectivity index (χ0n) is 35.5. The Morgan fingerprint density at radius 3 is 2.38 bits per heavy atom. The summed E-state index contributed by atoms with van der Waals surface area (Å²) < 4.78 is 18.2. The van der Waals surface area contributed by atoms with Crippen molar-refractivity contribution >= 4 is 75.2 Å². The Morgan fingerprint density at radius 2 is 1.60 bits per heavy atom. The number of halogens is 1. The first-order valence-corrected chi connectivity index (χ1v) is 22.4. The Morgan fingerprint density at radius 1 is 0.841 bits per heavy atom. The summed E-state index contributed by atoms with van der Waals surface area (Å²) in [6.45, 7) is 2.29. The van der Waals surface area contributed by atoms with E-state index in [-0.39, 0.29) is 48.1 Å². The number of benzene rings is 4. The molecule has 5 amide bonds. The van der Waals surface area contributed by atoms with Crippen LogP contribution in [0.15, 0.2) is 83.9 Å². The highest BCUT2D eigenvalue weighted by Crippen LogP contribution is 2.46. The van der Waals surface area contributed by atoms with Crippen molar-refractivity contribution in [2.24, 2.45) is 4.99 Å². The molecule has 2 atom stereocenters. The molecule has 0 spiro atoms. The second-order valence-electron chi connectivity index (χ2n) is 16.4. The first-order valence-electron chi connectivity index (χ1n) is 21.9. The molecule has 328 valence electrons. The van der Waals surface area contributed by atoms with Crippen LogP contribution < -0.4 is 24.4 Å². The van der Waals surface area contributed by atoms with Gasteiger partial charge in [-0.1, -0.05) is 42.8 Å². The smallest absolute Gasteiger partial charge is 0.256 e. The number of carbonyl (C=O) groups excluding carboxylic acids is 5. The van der Waals surface area contributed by atoms with Gasteiger partial charge in [-0.05, 0) is 79.7 Å². The van der Waals surface area contributed by atoms with Crippen LogP contribution in [0.1, 0.15) is 91.6 Å². The quantitative estimate of drug-likeness (QED) is 0.0561. The molecular weight excluding hydrogens is 822 g/mol. The summed E-state index contributed by atoms with van der Waals surface area (Å²) in [5, 5.41) is 4.90. The summed E-state index contributed by atoms with van der Waals surface area (Å²) in [4.78, 5) is 72.6. The molecule has 0 aliphatic carbocycles. The highest BCUT2D eigenvalue weighted by atomic mass is 35.5. The third-order valence-electron chi connectivity index (χ3n) is 12.2. The van der Waals surface area contributed by atoms with Crippen molar-refractivity contribution in [2.45, 2.75) is 82.8 Å². The van der Waals surface area contributed by atoms with Gasteiger partial charge in [0.25, 0.3) is 17.7 Å². The number of imide groups is 1. The number of unbranched alkanes of at least 4 members (excludes halogenated alkanes) is 4. The summed E-state index contributed by atoms with van der Waals surface area (Å²) in [6, 6.07) is 21.1. The minimum atomic E-state index is -0.286. The number of nitrogens with zero attached hydrogens (tertiary/aromatic N) is 4. The number of amides is 5. The van der Waals surface area contributed by atoms with Crippen LogP contribution in [0.4, 0.5) is 17.1 Å². The van der Waals surface area contributed by atoms with Gasteiger partial charge in [-0.2, -0.15) is 0 Å². The van der Waals surface area contributed by atoms with Crippen molar-refractivity contribution < 1.29 is 38.2 Å². The molecule has 1 unspecified atom stereocenters. The average molecular weight is 874 g/mol. The molecule has 13 nitrogen and oxygen atoms in total. The van der Waals surface area contributed by atoms with Gasteiger partial charge < -0.3 is 29.3 Å². The van der Waals surface area contributed by atoms with Gasteiger partial charge in [0.15, 0.2) is 11.5 Å². The molecule has 4 heterocycles. The molecule has 4 aromatic carbocycles. The SMILES string of the molecule is COc1cc2c(cc1OCCCCCC(=O)N1C[C@@H](CCl)c3c1cc(OCc1ccc(NC(=O)CCCCCN4C(=O)C=CC4=O)cc1)c1ccccc31)N=CC1CCCN1C2=O. The monoisotopic (exact) mass is 873 g/mol. The average Bonchev–Trinajstić information content (AvgIpc) is 4.00. The van der Waals surface area contributed by atoms with E-state index in [4.69, 9.17) is 25.8 Å². The zero-order chi connectivity index (χ0) is 43.9. The molecule has 8 rings (SSSR count). The molecule has 4 aliphatic rings. The van der Waals surface area contributed by atoms with E-state index in [1.807, 2.05) is 64.5 Å². The maximum atomic E-state index is 13.9. The second-order valence-corrected chi connectivity index (χ2v) is 16.7. The van der Waals surface area contributed by atoms with Crippen LogP contribution in [0.2, 0.25) is 0 Å². The van der Waals surface area contributed by atoms with E-state index >= 15 is 0 Å². The first kappa shape index (κ1) is 43.4. The van der Waals surface area contributed by atoms with Gasteiger partial charge >= 0.3 is 0 Å². The third kappa shape index (κ3) is 9.73. The molecule has 4 aliphatic heterocycles. The van der Waals surface area contributed by atoms with Crippen LogP contribution in [0, 0.1) is 0 Å². The maximum Gasteiger partial charge on any atom is 0.256 e. The molecule has 4 aromatic rings. The molecule has 63 heavy (non-hydrogen) atoms. The molecule has 1 N–H and O–H groups in total. The lowest BCUT2D eigenvalue weighted by molar-refractivity contribution is -0.137. The van der Waals surface area contributed by atoms with Crippen LogP contribution in [0.3, 0.4) is 0 Å². The topological polar surface area (TPSA) is 147 Å². The minimum Gasteiger partial charge on any atom is -0.493 e. The standard InChI is InChI=1S/C49H52ClN5O8/c1-61-42-25-38-39(51-29-35-11-10-23-53(35)49(38)60)26-43(42)62-24-9-3-5-15-45(57)55-30-33(28-50)48-37-13-7-6-12-36(37)41(27-40(48)55)63-31-32-16-18-34(19-17-32)52-44(56)14-4-2-8-22-54-46(58)20-21-47(54)59/h6-7,12-13,16-21,25-27,29,33,35H,2-5,8-11,14-15,22-24,28,30-31H2,1H3,(H,52,56)/t33-,35?/m1/s1. The summed E-state index contributed by atoms with van der Waals surface area (Å²) in [6.07, 6.45) is 11.2. The van der Waals surface area contributed by atoms with Gasteiger partial charge in [0.05, 0.1) is 36.7 Å². The molecule has 0 saturated carbocycles. The van der Waals surface area contributed by atoms with Crippen molar-refractivity contribution in [3.63, 3.8) is 0 Å². The number of hydrogen-bond acceptors (Lipinski definition) is 9. The minimum absolute atomic E-state index is 0.0168. The number of anilines is 2. The molecular formula is C49H52ClN5O8. The number of nitrogens with one attached hydrogen (secondary N) is 1. The summed E-state index contributed by atoms with van der Waals surface area (Å²) in [5.41, 5.74) is 4.59. The van der Waals surface area contributed by atoms with Crippen LogP contribution in [0.5, 0.6) is 17.2 Å². The van der Waals surface area contributed by atoms with Gasteiger partial charge in [0.1, 0.15) is 12.4 Å². The fourth-order valence-corrected chi connectivity index (χ4v) is 9.09.